The number of hydrogen-bond donors (Lipinski definition) is 1. The summed E-state index contributed by atoms with van der Waals surface area (Å²) in [6, 6.07) is -0.282. The van der Waals surface area contributed by atoms with Crippen LogP contribution in [0, 0.1) is 51.2 Å². The number of nitrogens with zero attached hydrogens (tertiary/aromatic N) is 3. The van der Waals surface area contributed by atoms with E-state index >= 15 is 0 Å². The Morgan fingerprint density at radius 2 is 1.44 bits per heavy atom. The van der Waals surface area contributed by atoms with Gasteiger partial charge in [0.25, 0.3) is 5.91 Å². The molecule has 2 aliphatic heterocycles. The summed E-state index contributed by atoms with van der Waals surface area (Å²) in [4.78, 5) is 88.4. The maximum absolute atomic E-state index is 15.0. The quantitative estimate of drug-likeness (QED) is 0.236. The summed E-state index contributed by atoms with van der Waals surface area (Å²) in [5, 5.41) is 0. The summed E-state index contributed by atoms with van der Waals surface area (Å²) in [6.45, 7) is 20.4. The lowest BCUT2D eigenvalue weighted by atomic mass is 9.73. The number of ketones is 3. The molecule has 2 N–H and O–H groups in total. The van der Waals surface area contributed by atoms with Crippen molar-refractivity contribution >= 4 is 35.1 Å². The number of rotatable bonds is 14. The van der Waals surface area contributed by atoms with Crippen molar-refractivity contribution in [3.63, 3.8) is 0 Å². The summed E-state index contributed by atoms with van der Waals surface area (Å²) in [5.41, 5.74) is 4.72. The molecule has 5 fully saturated rings. The van der Waals surface area contributed by atoms with Crippen LogP contribution in [0.4, 0.5) is 0 Å². The van der Waals surface area contributed by atoms with Gasteiger partial charge in [-0.25, -0.2) is 0 Å². The van der Waals surface area contributed by atoms with Crippen LogP contribution in [0.5, 0.6) is 0 Å². The molecule has 3 saturated carbocycles. The molecule has 7 atom stereocenters. The molecule has 10 heteroatoms. The van der Waals surface area contributed by atoms with Crippen molar-refractivity contribution in [2.24, 2.45) is 57.0 Å². The van der Waals surface area contributed by atoms with Crippen molar-refractivity contribution in [2.45, 2.75) is 151 Å². The number of likely N-dealkylation sites (tertiary alicyclic amines) is 1. The van der Waals surface area contributed by atoms with E-state index in [0.717, 1.165) is 38.5 Å². The van der Waals surface area contributed by atoms with Gasteiger partial charge in [0.15, 0.2) is 5.78 Å². The molecular formula is C42H68N4O6. The average Bonchev–Trinajstić information content (AvgIpc) is 3.23. The summed E-state index contributed by atoms with van der Waals surface area (Å²) in [7, 11) is 2.08. The molecule has 0 aromatic rings. The van der Waals surface area contributed by atoms with Crippen LogP contribution in [-0.4, -0.2) is 94.6 Å². The van der Waals surface area contributed by atoms with Gasteiger partial charge in [0, 0.05) is 74.1 Å². The predicted octanol–water partition coefficient (Wildman–Crippen LogP) is 5.44. The highest BCUT2D eigenvalue weighted by Crippen LogP contribution is 2.88. The number of likely N-dealkylation sites (N-methyl/N-ethyl adjacent to an activating group) is 1. The minimum absolute atomic E-state index is 0.00219. The fraction of sp³-hybridized carbons (Fsp3) is 0.857. The Balaban J connectivity index is 1.38. The molecule has 1 unspecified atom stereocenters. The van der Waals surface area contributed by atoms with Gasteiger partial charge in [-0.3, -0.25) is 33.7 Å². The molecule has 0 bridgehead atoms. The monoisotopic (exact) mass is 725 g/mol. The number of Topliss-reactive ketones (excluding diaryl/α,β-unsaturated/α-hetero) is 3. The number of nitrogens with two attached hydrogens (primary N) is 1. The first kappa shape index (κ1) is 40.6. The van der Waals surface area contributed by atoms with Gasteiger partial charge in [0.05, 0.1) is 6.04 Å². The minimum atomic E-state index is -1.01. The van der Waals surface area contributed by atoms with Crippen molar-refractivity contribution in [1.29, 1.82) is 0 Å². The van der Waals surface area contributed by atoms with Gasteiger partial charge in [0.2, 0.25) is 17.6 Å². The largest absolute Gasteiger partial charge is 0.363 e. The number of amides is 3. The summed E-state index contributed by atoms with van der Waals surface area (Å²) >= 11 is 0. The standard InChI is InChI=1S/C42H68N4O6/c1-25(2)31(37(51)45-22-26(3)44(10)27(4)23-45)19-30(47)20-32(39(5,6)7)38(52)46-24-42(40(8,9)41(42)15-12-16-41)21-33(46)34(48)18-29(35(49)36(43)50)17-28-13-11-14-28/h25-29,31-33H,11-24H2,1-10H3,(H2,43,50)/t26-,27+,29?,31-,32+,33-,42+/m0/s1. The fourth-order valence-electron chi connectivity index (χ4n) is 11.1. The van der Waals surface area contributed by atoms with Crippen molar-refractivity contribution in [1.82, 2.24) is 14.7 Å². The second-order valence-electron chi connectivity index (χ2n) is 19.8. The number of piperazine rings is 1. The highest BCUT2D eigenvalue weighted by atomic mass is 16.2. The first-order valence-electron chi connectivity index (χ1n) is 20.3. The van der Waals surface area contributed by atoms with E-state index in [9.17, 15) is 28.8 Å². The fourth-order valence-corrected chi connectivity index (χ4v) is 11.1. The number of carbonyl (C=O) groups excluding carboxylic acids is 6. The molecule has 3 aliphatic carbocycles. The van der Waals surface area contributed by atoms with Crippen molar-refractivity contribution in [3.8, 4) is 0 Å². The molecule has 0 aromatic heterocycles. The Hall–Kier alpha value is -2.62. The van der Waals surface area contributed by atoms with E-state index in [0.29, 0.717) is 38.4 Å². The van der Waals surface area contributed by atoms with Gasteiger partial charge in [-0.2, -0.15) is 0 Å². The lowest BCUT2D eigenvalue weighted by Crippen LogP contribution is -2.57. The Morgan fingerprint density at radius 1 is 0.846 bits per heavy atom. The summed E-state index contributed by atoms with van der Waals surface area (Å²) < 4.78 is 0. The molecule has 3 amide bonds. The van der Waals surface area contributed by atoms with Crippen molar-refractivity contribution in [2.75, 3.05) is 26.7 Å². The van der Waals surface area contributed by atoms with E-state index in [2.05, 4.69) is 39.6 Å². The zero-order valence-electron chi connectivity index (χ0n) is 33.9. The molecule has 5 aliphatic rings. The SMILES string of the molecule is CC(C)[C@H](CC(=O)C[C@H](C(=O)N1C[C@]2(C[C@H]1C(=O)CC(CC1CCC1)C(=O)C(N)=O)C(C)(C)C21CCC1)C(C)(C)C)C(=O)N1C[C@@H](C)N(C)[C@@H](C)C1. The second-order valence-corrected chi connectivity index (χ2v) is 19.8. The number of fused-ring (bicyclic) bond motifs is 1. The van der Waals surface area contributed by atoms with Gasteiger partial charge in [0.1, 0.15) is 5.78 Å². The number of hydrogen-bond acceptors (Lipinski definition) is 7. The first-order chi connectivity index (χ1) is 24.1. The third-order valence-electron chi connectivity index (χ3n) is 15.4. The normalized spacial score (nSPS) is 30.1. The van der Waals surface area contributed by atoms with Crippen LogP contribution < -0.4 is 5.73 Å². The van der Waals surface area contributed by atoms with Crippen LogP contribution in [-0.2, 0) is 28.8 Å². The van der Waals surface area contributed by atoms with Crippen LogP contribution in [0.2, 0.25) is 0 Å². The van der Waals surface area contributed by atoms with E-state index in [1.54, 1.807) is 4.90 Å². The smallest absolute Gasteiger partial charge is 0.285 e. The number of carbonyl (C=O) groups is 6. The van der Waals surface area contributed by atoms with E-state index in [1.807, 2.05) is 39.5 Å². The zero-order chi connectivity index (χ0) is 38.7. The van der Waals surface area contributed by atoms with E-state index in [1.165, 1.54) is 0 Å². The van der Waals surface area contributed by atoms with Crippen molar-refractivity contribution in [3.05, 3.63) is 0 Å². The molecule has 0 aromatic carbocycles. The third-order valence-corrected chi connectivity index (χ3v) is 15.4. The maximum atomic E-state index is 15.0. The summed E-state index contributed by atoms with van der Waals surface area (Å²) in [6.07, 6.45) is 7.29. The molecule has 52 heavy (non-hydrogen) atoms. The molecule has 10 nitrogen and oxygen atoms in total. The van der Waals surface area contributed by atoms with Crippen LogP contribution in [0.15, 0.2) is 0 Å². The maximum Gasteiger partial charge on any atom is 0.285 e. The molecule has 2 spiro atoms. The van der Waals surface area contributed by atoms with Gasteiger partial charge >= 0.3 is 0 Å². The van der Waals surface area contributed by atoms with Gasteiger partial charge in [-0.15, -0.1) is 0 Å². The average molecular weight is 725 g/mol. The molecule has 2 saturated heterocycles. The van der Waals surface area contributed by atoms with Gasteiger partial charge < -0.3 is 15.5 Å². The Kier molecular flexibility index (Phi) is 11.4. The van der Waals surface area contributed by atoms with Crippen LogP contribution in [0.1, 0.15) is 133 Å². The van der Waals surface area contributed by atoms with Gasteiger partial charge in [-0.1, -0.05) is 74.1 Å². The third kappa shape index (κ3) is 7.03. The molecule has 5 rings (SSSR count). The first-order valence-corrected chi connectivity index (χ1v) is 20.3. The second kappa shape index (κ2) is 14.6. The highest BCUT2D eigenvalue weighted by Gasteiger charge is 2.85. The Morgan fingerprint density at radius 3 is 1.88 bits per heavy atom. The zero-order valence-corrected chi connectivity index (χ0v) is 33.9. The van der Waals surface area contributed by atoms with Crippen LogP contribution in [0.25, 0.3) is 0 Å². The van der Waals surface area contributed by atoms with Gasteiger partial charge in [-0.05, 0) is 74.7 Å². The Labute approximate surface area is 312 Å². The van der Waals surface area contributed by atoms with Crippen LogP contribution >= 0.6 is 0 Å². The molecule has 0 radical (unpaired) electrons. The topological polar surface area (TPSA) is 138 Å². The van der Waals surface area contributed by atoms with E-state index in [-0.39, 0.29) is 76.9 Å². The Bertz CT molecular complexity index is 1430. The lowest BCUT2D eigenvalue weighted by molar-refractivity contribution is -0.147. The molecule has 292 valence electrons. The number of primary amides is 1. The minimum Gasteiger partial charge on any atom is -0.363 e. The van der Waals surface area contributed by atoms with Crippen LogP contribution in [0.3, 0.4) is 0 Å². The highest BCUT2D eigenvalue weighted by molar-refractivity contribution is 6.36. The summed E-state index contributed by atoms with van der Waals surface area (Å²) in [5.74, 6) is -3.86. The molecule has 2 heterocycles. The van der Waals surface area contributed by atoms with E-state index in [4.69, 9.17) is 5.73 Å². The predicted molar refractivity (Wildman–Crippen MR) is 201 cm³/mol. The van der Waals surface area contributed by atoms with Crippen molar-refractivity contribution < 1.29 is 28.8 Å². The lowest BCUT2D eigenvalue weighted by Gasteiger charge is -2.43. The molecular weight excluding hydrogens is 656 g/mol. The van der Waals surface area contributed by atoms with E-state index < -0.39 is 40.9 Å².